The fourth-order valence-electron chi connectivity index (χ4n) is 3.66. The Morgan fingerprint density at radius 2 is 1.12 bits per heavy atom. The van der Waals surface area contributed by atoms with Gasteiger partial charge in [-0.1, -0.05) is 65.7 Å². The molecule has 176 valence electrons. The van der Waals surface area contributed by atoms with Crippen LogP contribution in [0.1, 0.15) is 22.3 Å². The Balaban J connectivity index is 2.02. The van der Waals surface area contributed by atoms with Gasteiger partial charge in [-0.15, -0.1) is 0 Å². The lowest BCUT2D eigenvalue weighted by molar-refractivity contribution is -0.142. The highest BCUT2D eigenvalue weighted by Crippen LogP contribution is 2.42. The van der Waals surface area contributed by atoms with Crippen molar-refractivity contribution in [2.75, 3.05) is 0 Å². The zero-order chi connectivity index (χ0) is 24.7. The van der Waals surface area contributed by atoms with Crippen LogP contribution in [0.5, 0.6) is 0 Å². The number of hydrogen-bond acceptors (Lipinski definition) is 1. The topological polar surface area (TPSA) is 17.8 Å². The lowest BCUT2D eigenvalue weighted by atomic mass is 10.1. The molecule has 0 spiro atoms. The highest BCUT2D eigenvalue weighted by molar-refractivity contribution is 7.79. The standard InChI is InChI=1S/C25H19F6N2P/c1-16-6-10-18(11-7-16)34(19-12-8-17(2)9-13-19)23-32-14-15-33(23)22-20(24(26,27)28)4-3-5-21(22)25(29,30)31/h3-15H,1-2H3. The van der Waals surface area contributed by atoms with Gasteiger partial charge in [0.15, 0.2) is 0 Å². The van der Waals surface area contributed by atoms with E-state index < -0.39 is 37.1 Å². The van der Waals surface area contributed by atoms with E-state index in [4.69, 9.17) is 0 Å². The quantitative estimate of drug-likeness (QED) is 0.242. The second-order valence-electron chi connectivity index (χ2n) is 7.80. The van der Waals surface area contributed by atoms with Crippen LogP contribution < -0.4 is 16.2 Å². The van der Waals surface area contributed by atoms with E-state index in [1.165, 1.54) is 6.20 Å². The largest absolute Gasteiger partial charge is 0.418 e. The fourth-order valence-corrected chi connectivity index (χ4v) is 5.88. The first kappa shape index (κ1) is 24.0. The van der Waals surface area contributed by atoms with E-state index in [2.05, 4.69) is 4.98 Å². The van der Waals surface area contributed by atoms with Crippen molar-refractivity contribution in [1.82, 2.24) is 9.55 Å². The molecule has 9 heteroatoms. The summed E-state index contributed by atoms with van der Waals surface area (Å²) in [6, 6.07) is 16.9. The maximum Gasteiger partial charge on any atom is 0.418 e. The van der Waals surface area contributed by atoms with Crippen LogP contribution in [0.3, 0.4) is 0 Å². The van der Waals surface area contributed by atoms with E-state index in [1.54, 1.807) is 0 Å². The SMILES string of the molecule is Cc1ccc(P(c2ccc(C)cc2)c2nccn2-c2c(C(F)(F)F)cccc2C(F)(F)F)cc1. The minimum Gasteiger partial charge on any atom is -0.298 e. The van der Waals surface area contributed by atoms with Gasteiger partial charge >= 0.3 is 12.4 Å². The molecule has 3 aromatic carbocycles. The molecule has 0 aliphatic carbocycles. The van der Waals surface area contributed by atoms with Crippen LogP contribution in [0, 0.1) is 13.8 Å². The van der Waals surface area contributed by atoms with Crippen molar-refractivity contribution < 1.29 is 26.3 Å². The fraction of sp³-hybridized carbons (Fsp3) is 0.160. The van der Waals surface area contributed by atoms with E-state index >= 15 is 0 Å². The molecular weight excluding hydrogens is 473 g/mol. The maximum atomic E-state index is 13.9. The molecule has 0 saturated carbocycles. The summed E-state index contributed by atoms with van der Waals surface area (Å²) in [5.41, 5.74) is -1.64. The molecular formula is C25H19F6N2P. The molecule has 4 aromatic rings. The second-order valence-corrected chi connectivity index (χ2v) is 9.90. The first-order valence-corrected chi connectivity index (χ1v) is 11.6. The summed E-state index contributed by atoms with van der Waals surface area (Å²) in [6.45, 7) is 3.79. The van der Waals surface area contributed by atoms with Gasteiger partial charge < -0.3 is 0 Å². The third-order valence-corrected chi connectivity index (χ3v) is 7.65. The zero-order valence-corrected chi connectivity index (χ0v) is 19.0. The molecule has 0 saturated heterocycles. The average Bonchev–Trinajstić information content (AvgIpc) is 3.24. The van der Waals surface area contributed by atoms with Gasteiger partial charge in [0.05, 0.1) is 16.8 Å². The van der Waals surface area contributed by atoms with E-state index in [0.717, 1.165) is 38.6 Å². The third kappa shape index (κ3) is 4.73. The first-order valence-electron chi connectivity index (χ1n) is 10.2. The van der Waals surface area contributed by atoms with Crippen LogP contribution in [0.2, 0.25) is 0 Å². The van der Waals surface area contributed by atoms with Crippen molar-refractivity contribution in [2.24, 2.45) is 0 Å². The van der Waals surface area contributed by atoms with Crippen LogP contribution in [0.15, 0.2) is 79.1 Å². The number of halogens is 6. The predicted molar refractivity (Wildman–Crippen MR) is 122 cm³/mol. The Bertz CT molecular complexity index is 1210. The van der Waals surface area contributed by atoms with Crippen molar-refractivity contribution in [3.05, 3.63) is 101 Å². The van der Waals surface area contributed by atoms with Crippen molar-refractivity contribution in [2.45, 2.75) is 26.2 Å². The Hall–Kier alpha value is -3.12. The highest BCUT2D eigenvalue weighted by Gasteiger charge is 2.42. The van der Waals surface area contributed by atoms with E-state index in [-0.39, 0.29) is 5.57 Å². The minimum atomic E-state index is -4.99. The second kappa shape index (κ2) is 8.91. The summed E-state index contributed by atoms with van der Waals surface area (Å²) in [6.07, 6.45) is -7.59. The molecule has 0 radical (unpaired) electrons. The number of alkyl halides is 6. The van der Waals surface area contributed by atoms with E-state index in [9.17, 15) is 26.3 Å². The normalized spacial score (nSPS) is 12.4. The molecule has 0 amide bonds. The van der Waals surface area contributed by atoms with Gasteiger partial charge in [-0.3, -0.25) is 4.57 Å². The third-order valence-electron chi connectivity index (χ3n) is 5.29. The monoisotopic (exact) mass is 492 g/mol. The van der Waals surface area contributed by atoms with Crippen LogP contribution >= 0.6 is 7.92 Å². The molecule has 34 heavy (non-hydrogen) atoms. The Kier molecular flexibility index (Phi) is 6.30. The first-order chi connectivity index (χ1) is 16.0. The lowest BCUT2D eigenvalue weighted by Crippen LogP contribution is -2.29. The summed E-state index contributed by atoms with van der Waals surface area (Å²) in [4.78, 5) is 4.29. The van der Waals surface area contributed by atoms with Gasteiger partial charge in [-0.05, 0) is 36.6 Å². The van der Waals surface area contributed by atoms with Crippen molar-refractivity contribution in [1.29, 1.82) is 0 Å². The van der Waals surface area contributed by atoms with E-state index in [0.29, 0.717) is 12.1 Å². The van der Waals surface area contributed by atoms with Crippen LogP contribution in [0.25, 0.3) is 5.69 Å². The number of aromatic nitrogens is 2. The summed E-state index contributed by atoms with van der Waals surface area (Å²) in [5.74, 6) is 0. The number of aryl methyl sites for hydroxylation is 2. The number of rotatable bonds is 4. The van der Waals surface area contributed by atoms with Gasteiger partial charge in [0, 0.05) is 20.3 Å². The molecule has 1 aromatic heterocycles. The number of hydrogen-bond donors (Lipinski definition) is 0. The van der Waals surface area contributed by atoms with Gasteiger partial charge in [0.2, 0.25) is 0 Å². The zero-order valence-electron chi connectivity index (χ0n) is 18.1. The Labute approximate surface area is 193 Å². The number of nitrogens with zero attached hydrogens (tertiary/aromatic N) is 2. The molecule has 0 aliphatic rings. The average molecular weight is 492 g/mol. The van der Waals surface area contributed by atoms with Crippen molar-refractivity contribution in [3.63, 3.8) is 0 Å². The van der Waals surface area contributed by atoms with Crippen LogP contribution in [-0.2, 0) is 12.4 Å². The van der Waals surface area contributed by atoms with Crippen LogP contribution in [0.4, 0.5) is 26.3 Å². The number of imidazole rings is 1. The molecule has 0 N–H and O–H groups in total. The Morgan fingerprint density at radius 1 is 0.676 bits per heavy atom. The predicted octanol–water partition coefficient (Wildman–Crippen LogP) is 6.28. The number of para-hydroxylation sites is 1. The maximum absolute atomic E-state index is 13.9. The molecule has 2 nitrogen and oxygen atoms in total. The van der Waals surface area contributed by atoms with Crippen molar-refractivity contribution in [3.8, 4) is 5.69 Å². The summed E-state index contributed by atoms with van der Waals surface area (Å²) in [5, 5.41) is 1.52. The minimum absolute atomic E-state index is 0.116. The number of benzene rings is 3. The van der Waals surface area contributed by atoms with Crippen LogP contribution in [-0.4, -0.2) is 9.55 Å². The molecule has 0 fully saturated rings. The Morgan fingerprint density at radius 3 is 1.53 bits per heavy atom. The van der Waals surface area contributed by atoms with Crippen molar-refractivity contribution >= 4 is 24.1 Å². The molecule has 0 atom stereocenters. The summed E-state index contributed by atoms with van der Waals surface area (Å²) in [7, 11) is -1.56. The molecule has 0 unspecified atom stereocenters. The molecule has 0 bridgehead atoms. The van der Waals surface area contributed by atoms with Gasteiger partial charge in [0.1, 0.15) is 5.57 Å². The van der Waals surface area contributed by atoms with Gasteiger partial charge in [-0.2, -0.15) is 26.3 Å². The van der Waals surface area contributed by atoms with E-state index in [1.807, 2.05) is 62.4 Å². The molecule has 0 aliphatic heterocycles. The summed E-state index contributed by atoms with van der Waals surface area (Å²) < 4.78 is 84.2. The lowest BCUT2D eigenvalue weighted by Gasteiger charge is -2.24. The smallest absolute Gasteiger partial charge is 0.298 e. The van der Waals surface area contributed by atoms with Gasteiger partial charge in [-0.25, -0.2) is 4.98 Å². The molecule has 4 rings (SSSR count). The van der Waals surface area contributed by atoms with Gasteiger partial charge in [0.25, 0.3) is 0 Å². The molecule has 1 heterocycles. The summed E-state index contributed by atoms with van der Waals surface area (Å²) >= 11 is 0. The highest BCUT2D eigenvalue weighted by atomic mass is 31.1.